The minimum absolute atomic E-state index is 0.169. The maximum atomic E-state index is 13.0. The lowest BCUT2D eigenvalue weighted by molar-refractivity contribution is -0.137. The Kier molecular flexibility index (Phi) is 4.91. The largest absolute Gasteiger partial charge is 0.416 e. The summed E-state index contributed by atoms with van der Waals surface area (Å²) in [6.45, 7) is 0. The molecule has 8 heteroatoms. The molecule has 0 atom stereocenters. The molecule has 0 N–H and O–H groups in total. The molecule has 1 aromatic heterocycles. The van der Waals surface area contributed by atoms with Crippen LogP contribution in [-0.4, -0.2) is 19.2 Å². The van der Waals surface area contributed by atoms with Crippen molar-refractivity contribution in [1.29, 1.82) is 0 Å². The topological polar surface area (TPSA) is 39.1 Å². The second-order valence-corrected chi connectivity index (χ2v) is 9.36. The number of alkyl halides is 3. The summed E-state index contributed by atoms with van der Waals surface area (Å²) in [7, 11) is -3.41. The Morgan fingerprint density at radius 3 is 2.07 bits per heavy atom. The highest BCUT2D eigenvalue weighted by atomic mass is 35.5. The first kappa shape index (κ1) is 20.5. The lowest BCUT2D eigenvalue weighted by atomic mass is 10.1. The van der Waals surface area contributed by atoms with Gasteiger partial charge in [-0.2, -0.15) is 13.2 Å². The van der Waals surface area contributed by atoms with Crippen LogP contribution in [-0.2, 0) is 16.0 Å². The minimum atomic E-state index is -4.43. The summed E-state index contributed by atoms with van der Waals surface area (Å²) < 4.78 is 64.6. The van der Waals surface area contributed by atoms with Gasteiger partial charge in [-0.1, -0.05) is 23.7 Å². The van der Waals surface area contributed by atoms with Crippen LogP contribution < -0.4 is 0 Å². The normalized spacial score (nSPS) is 12.4. The van der Waals surface area contributed by atoms with Gasteiger partial charge in [-0.05, 0) is 66.2 Å². The van der Waals surface area contributed by atoms with E-state index in [1.807, 2.05) is 6.07 Å². The molecule has 3 aromatic carbocycles. The number of aromatic nitrogens is 1. The van der Waals surface area contributed by atoms with E-state index in [4.69, 9.17) is 11.6 Å². The predicted octanol–water partition coefficient (Wildman–Crippen LogP) is 6.37. The van der Waals surface area contributed by atoms with Gasteiger partial charge in [-0.25, -0.2) is 8.42 Å². The average molecular weight is 450 g/mol. The van der Waals surface area contributed by atoms with Crippen LogP contribution in [0.5, 0.6) is 0 Å². The highest BCUT2D eigenvalue weighted by Crippen LogP contribution is 2.35. The van der Waals surface area contributed by atoms with E-state index in [0.717, 1.165) is 24.0 Å². The van der Waals surface area contributed by atoms with Crippen molar-refractivity contribution in [3.63, 3.8) is 0 Å². The van der Waals surface area contributed by atoms with E-state index >= 15 is 0 Å². The van der Waals surface area contributed by atoms with Crippen molar-refractivity contribution in [3.8, 4) is 16.9 Å². The summed E-state index contributed by atoms with van der Waals surface area (Å²) in [6, 6.07) is 18.4. The molecule has 0 saturated carbocycles. The van der Waals surface area contributed by atoms with Crippen molar-refractivity contribution in [2.45, 2.75) is 11.1 Å². The molecular formula is C22H15ClF3NO2S. The SMILES string of the molecule is CS(=O)(=O)c1ccc2c(c1)cc(-c1ccc(Cl)cc1)n2-c1ccc(C(F)(F)F)cc1. The maximum Gasteiger partial charge on any atom is 0.416 e. The van der Waals surface area contributed by atoms with Crippen molar-refractivity contribution in [2.24, 2.45) is 0 Å². The third-order valence-corrected chi connectivity index (χ3v) is 6.16. The Hall–Kier alpha value is -2.77. The number of benzene rings is 3. The molecule has 0 unspecified atom stereocenters. The number of rotatable bonds is 3. The van der Waals surface area contributed by atoms with Crippen LogP contribution in [0.15, 0.2) is 77.7 Å². The molecule has 4 aromatic rings. The van der Waals surface area contributed by atoms with Gasteiger partial charge in [-0.3, -0.25) is 0 Å². The van der Waals surface area contributed by atoms with E-state index in [2.05, 4.69) is 0 Å². The highest BCUT2D eigenvalue weighted by Gasteiger charge is 2.30. The van der Waals surface area contributed by atoms with E-state index in [1.54, 1.807) is 41.0 Å². The Morgan fingerprint density at radius 2 is 1.50 bits per heavy atom. The van der Waals surface area contributed by atoms with Crippen molar-refractivity contribution >= 4 is 32.3 Å². The molecule has 30 heavy (non-hydrogen) atoms. The third-order valence-electron chi connectivity index (χ3n) is 4.79. The van der Waals surface area contributed by atoms with Crippen LogP contribution in [0, 0.1) is 0 Å². The standard InChI is InChI=1S/C22H15ClF3NO2S/c1-30(28,29)19-10-11-20-15(12-19)13-21(14-2-6-17(23)7-3-14)27(20)18-8-4-16(5-9-18)22(24,25)26/h2-13H,1H3. The number of fused-ring (bicyclic) bond motifs is 1. The number of halogens is 4. The molecule has 0 amide bonds. The first-order chi connectivity index (χ1) is 14.0. The molecule has 0 aliphatic heterocycles. The molecule has 3 nitrogen and oxygen atoms in total. The zero-order chi connectivity index (χ0) is 21.7. The molecule has 0 radical (unpaired) electrons. The van der Waals surface area contributed by atoms with Gasteiger partial charge in [0.1, 0.15) is 0 Å². The van der Waals surface area contributed by atoms with Gasteiger partial charge < -0.3 is 4.57 Å². The van der Waals surface area contributed by atoms with E-state index in [1.165, 1.54) is 18.2 Å². The summed E-state index contributed by atoms with van der Waals surface area (Å²) in [5.74, 6) is 0. The van der Waals surface area contributed by atoms with E-state index < -0.39 is 21.6 Å². The smallest absolute Gasteiger partial charge is 0.309 e. The average Bonchev–Trinajstić information content (AvgIpc) is 3.06. The summed E-state index contributed by atoms with van der Waals surface area (Å²) in [5.41, 5.74) is 1.95. The molecule has 154 valence electrons. The minimum Gasteiger partial charge on any atom is -0.309 e. The first-order valence-electron chi connectivity index (χ1n) is 8.83. The van der Waals surface area contributed by atoms with Gasteiger partial charge in [0.05, 0.1) is 21.7 Å². The van der Waals surface area contributed by atoms with Crippen LogP contribution in [0.3, 0.4) is 0 Å². The summed E-state index contributed by atoms with van der Waals surface area (Å²) in [6.07, 6.45) is -3.30. The molecule has 0 saturated heterocycles. The molecule has 0 bridgehead atoms. The number of nitrogens with zero attached hydrogens (tertiary/aromatic N) is 1. The van der Waals surface area contributed by atoms with Crippen LogP contribution in [0.25, 0.3) is 27.8 Å². The molecule has 0 spiro atoms. The molecule has 0 fully saturated rings. The lowest BCUT2D eigenvalue weighted by Crippen LogP contribution is -2.05. The predicted molar refractivity (Wildman–Crippen MR) is 112 cm³/mol. The van der Waals surface area contributed by atoms with Gasteiger partial charge >= 0.3 is 6.18 Å². The van der Waals surface area contributed by atoms with E-state index in [-0.39, 0.29) is 4.90 Å². The van der Waals surface area contributed by atoms with Crippen molar-refractivity contribution in [3.05, 3.63) is 83.4 Å². The van der Waals surface area contributed by atoms with Gasteiger partial charge in [-0.15, -0.1) is 0 Å². The fourth-order valence-corrected chi connectivity index (χ4v) is 4.12. The zero-order valence-electron chi connectivity index (χ0n) is 15.6. The fourth-order valence-electron chi connectivity index (χ4n) is 3.33. The van der Waals surface area contributed by atoms with Crippen molar-refractivity contribution in [1.82, 2.24) is 4.57 Å². The zero-order valence-corrected chi connectivity index (χ0v) is 17.2. The Labute approximate surface area is 176 Å². The monoisotopic (exact) mass is 449 g/mol. The second-order valence-electron chi connectivity index (χ2n) is 6.91. The number of sulfone groups is 1. The van der Waals surface area contributed by atoms with Gasteiger partial charge in [0.15, 0.2) is 9.84 Å². The highest BCUT2D eigenvalue weighted by molar-refractivity contribution is 7.90. The molecule has 0 aliphatic carbocycles. The van der Waals surface area contributed by atoms with Crippen LogP contribution in [0.2, 0.25) is 5.02 Å². The van der Waals surface area contributed by atoms with Gasteiger partial charge in [0, 0.05) is 22.4 Å². The Balaban J connectivity index is 1.98. The van der Waals surface area contributed by atoms with Crippen molar-refractivity contribution < 1.29 is 21.6 Å². The molecular weight excluding hydrogens is 435 g/mol. The molecule has 0 aliphatic rings. The summed E-state index contributed by atoms with van der Waals surface area (Å²) in [5, 5.41) is 1.21. The lowest BCUT2D eigenvalue weighted by Gasteiger charge is -2.13. The Bertz CT molecular complexity index is 1340. The van der Waals surface area contributed by atoms with Crippen LogP contribution in [0.4, 0.5) is 13.2 Å². The molecule has 4 rings (SSSR count). The van der Waals surface area contributed by atoms with E-state index in [0.29, 0.717) is 27.3 Å². The summed E-state index contributed by atoms with van der Waals surface area (Å²) >= 11 is 5.99. The Morgan fingerprint density at radius 1 is 0.867 bits per heavy atom. The van der Waals surface area contributed by atoms with Crippen molar-refractivity contribution in [2.75, 3.05) is 6.26 Å². The van der Waals surface area contributed by atoms with Gasteiger partial charge in [0.2, 0.25) is 0 Å². The fraction of sp³-hybridized carbons (Fsp3) is 0.0909. The maximum absolute atomic E-state index is 13.0. The van der Waals surface area contributed by atoms with E-state index in [9.17, 15) is 21.6 Å². The third kappa shape index (κ3) is 3.82. The molecule has 1 heterocycles. The number of hydrogen-bond acceptors (Lipinski definition) is 2. The second kappa shape index (κ2) is 7.18. The quantitative estimate of drug-likeness (QED) is 0.364. The first-order valence-corrected chi connectivity index (χ1v) is 11.1. The van der Waals surface area contributed by atoms with Gasteiger partial charge in [0.25, 0.3) is 0 Å². The summed E-state index contributed by atoms with van der Waals surface area (Å²) in [4.78, 5) is 0.169. The van der Waals surface area contributed by atoms with Crippen LogP contribution >= 0.6 is 11.6 Å². The van der Waals surface area contributed by atoms with Crippen LogP contribution in [0.1, 0.15) is 5.56 Å². The number of hydrogen-bond donors (Lipinski definition) is 0.